The third-order valence-electron chi connectivity index (χ3n) is 5.27. The van der Waals surface area contributed by atoms with E-state index in [9.17, 15) is 29.4 Å². The monoisotopic (exact) mass is 498 g/mol. The van der Waals surface area contributed by atoms with E-state index in [1.54, 1.807) is 6.07 Å². The molecule has 15 nitrogen and oxygen atoms in total. The molecule has 15 heteroatoms. The number of hydrogen-bond acceptors (Lipinski definition) is 10. The number of H-pyrrole nitrogens is 3. The molecule has 0 fully saturated rings. The molecule has 0 saturated heterocycles. The van der Waals surface area contributed by atoms with Crippen molar-refractivity contribution in [1.82, 2.24) is 29.1 Å². The van der Waals surface area contributed by atoms with E-state index in [1.807, 2.05) is 35.1 Å². The Morgan fingerprint density at radius 3 is 2.61 bits per heavy atom. The van der Waals surface area contributed by atoms with E-state index in [1.165, 1.54) is 11.6 Å². The van der Waals surface area contributed by atoms with Crippen LogP contribution >= 0.6 is 0 Å². The van der Waals surface area contributed by atoms with Crippen molar-refractivity contribution in [3.63, 3.8) is 0 Å². The van der Waals surface area contributed by atoms with Crippen molar-refractivity contribution in [2.75, 3.05) is 6.61 Å². The van der Waals surface area contributed by atoms with Gasteiger partial charge < -0.3 is 14.9 Å². The summed E-state index contributed by atoms with van der Waals surface area (Å²) in [6.45, 7) is 1.61. The van der Waals surface area contributed by atoms with Crippen molar-refractivity contribution in [2.24, 2.45) is 17.3 Å². The topological polar surface area (TPSA) is 213 Å². The first-order chi connectivity index (χ1) is 17.2. The lowest BCUT2D eigenvalue weighted by Crippen LogP contribution is -2.30. The Morgan fingerprint density at radius 2 is 1.89 bits per heavy atom. The number of ether oxygens (including phenoxy) is 1. The first-order valence-electron chi connectivity index (χ1n) is 10.7. The van der Waals surface area contributed by atoms with Crippen molar-refractivity contribution in [1.29, 1.82) is 0 Å². The molecule has 0 spiro atoms. The second kappa shape index (κ2) is 9.83. The van der Waals surface area contributed by atoms with Gasteiger partial charge in [0.1, 0.15) is 18.5 Å². The number of nitrogens with zero attached hydrogens (tertiary/aromatic N) is 5. The number of aromatic amines is 3. The second-order valence-electron chi connectivity index (χ2n) is 7.78. The minimum Gasteiger partial charge on any atom is -0.493 e. The van der Waals surface area contributed by atoms with E-state index < -0.39 is 40.2 Å². The number of rotatable bonds is 8. The summed E-state index contributed by atoms with van der Waals surface area (Å²) in [6.07, 6.45) is -0.340. The smallest absolute Gasteiger partial charge is 0.329 e. The predicted molar refractivity (Wildman–Crippen MR) is 126 cm³/mol. The van der Waals surface area contributed by atoms with Gasteiger partial charge in [-0.1, -0.05) is 19.1 Å². The fourth-order valence-corrected chi connectivity index (χ4v) is 3.44. The first-order valence-corrected chi connectivity index (χ1v) is 10.7. The maximum atomic E-state index is 12.6. The van der Waals surface area contributed by atoms with Gasteiger partial charge in [0, 0.05) is 7.05 Å². The van der Waals surface area contributed by atoms with E-state index in [-0.39, 0.29) is 30.3 Å². The van der Waals surface area contributed by atoms with Crippen LogP contribution in [-0.4, -0.2) is 52.0 Å². The molecule has 0 aliphatic carbocycles. The molecule has 4 rings (SSSR count). The average Bonchev–Trinajstić information content (AvgIpc) is 3.19. The van der Waals surface area contributed by atoms with Crippen LogP contribution in [0.2, 0.25) is 0 Å². The van der Waals surface area contributed by atoms with Gasteiger partial charge in [0.2, 0.25) is 11.6 Å². The van der Waals surface area contributed by atoms with Gasteiger partial charge in [-0.2, -0.15) is 4.98 Å². The molecule has 4 aromatic rings. The Balaban J connectivity index is 1.71. The molecular formula is C21H22N8O7. The minimum atomic E-state index is -1.15. The van der Waals surface area contributed by atoms with Crippen LogP contribution in [0.1, 0.15) is 12.5 Å². The van der Waals surface area contributed by atoms with Crippen LogP contribution in [-0.2, 0) is 20.0 Å². The highest BCUT2D eigenvalue weighted by Gasteiger charge is 2.20. The van der Waals surface area contributed by atoms with Gasteiger partial charge >= 0.3 is 11.4 Å². The number of aliphatic hydroxyl groups is 1. The Morgan fingerprint density at radius 1 is 1.11 bits per heavy atom. The van der Waals surface area contributed by atoms with E-state index >= 15 is 0 Å². The molecule has 0 amide bonds. The molecule has 3 heterocycles. The van der Waals surface area contributed by atoms with Gasteiger partial charge in [-0.15, -0.1) is 10.2 Å². The number of nitrogens with one attached hydrogen (secondary N) is 3. The number of hydrogen-bond donors (Lipinski definition) is 5. The SMILES string of the molecule is CCc1cccc(OCC(O)Cn2c(N=Nc3c(O)[nH]c(=O)[nH]c3=O)nc3c2c(=O)[nH]c(=O)n3C)c1. The van der Waals surface area contributed by atoms with E-state index in [0.29, 0.717) is 5.75 Å². The maximum absolute atomic E-state index is 12.6. The summed E-state index contributed by atoms with van der Waals surface area (Å²) >= 11 is 0. The molecule has 0 saturated carbocycles. The zero-order valence-corrected chi connectivity index (χ0v) is 19.2. The highest BCUT2D eigenvalue weighted by molar-refractivity contribution is 5.73. The first kappa shape index (κ1) is 24.3. The quantitative estimate of drug-likeness (QED) is 0.207. The highest BCUT2D eigenvalue weighted by atomic mass is 16.5. The standard InChI is InChI=1S/C21H22N8O7/c1-3-10-5-4-6-12(7-10)36-9-11(30)8-29-14-15(28(2)21(35)25-18(14)33)22-19(29)27-26-13-16(31)23-20(34)24-17(13)32/h4-7,11,30H,3,8-9H2,1-2H3,(H,25,33,35)(H3,23,24,31,32,34). The number of aromatic hydroxyl groups is 1. The Bertz CT molecular complexity index is 1690. The summed E-state index contributed by atoms with van der Waals surface area (Å²) in [4.78, 5) is 58.0. The molecule has 188 valence electrons. The third-order valence-corrected chi connectivity index (χ3v) is 5.27. The number of aryl methyl sites for hydroxylation is 2. The summed E-state index contributed by atoms with van der Waals surface area (Å²) in [5.41, 5.74) is -3.17. The van der Waals surface area contributed by atoms with Crippen LogP contribution in [0.4, 0.5) is 11.6 Å². The zero-order valence-electron chi connectivity index (χ0n) is 19.2. The fraction of sp³-hybridized carbons (Fsp3) is 0.286. The lowest BCUT2D eigenvalue weighted by molar-refractivity contribution is 0.0937. The number of aromatic nitrogens is 6. The molecule has 0 aliphatic heterocycles. The molecule has 1 unspecified atom stereocenters. The molecule has 1 atom stereocenters. The largest absolute Gasteiger partial charge is 0.493 e. The lowest BCUT2D eigenvalue weighted by atomic mass is 10.2. The van der Waals surface area contributed by atoms with Crippen LogP contribution in [0.3, 0.4) is 0 Å². The Kier molecular flexibility index (Phi) is 6.64. The van der Waals surface area contributed by atoms with E-state index in [2.05, 4.69) is 20.2 Å². The maximum Gasteiger partial charge on any atom is 0.329 e. The van der Waals surface area contributed by atoms with Crippen molar-refractivity contribution >= 4 is 22.8 Å². The minimum absolute atomic E-state index is 0.0546. The van der Waals surface area contributed by atoms with Crippen LogP contribution in [0, 0.1) is 0 Å². The summed E-state index contributed by atoms with van der Waals surface area (Å²) in [5, 5.41) is 27.9. The van der Waals surface area contributed by atoms with Crippen molar-refractivity contribution in [3.05, 3.63) is 71.5 Å². The van der Waals surface area contributed by atoms with Gasteiger partial charge in [-0.3, -0.25) is 33.7 Å². The fourth-order valence-electron chi connectivity index (χ4n) is 3.44. The van der Waals surface area contributed by atoms with Crippen molar-refractivity contribution < 1.29 is 14.9 Å². The third kappa shape index (κ3) is 4.85. The lowest BCUT2D eigenvalue weighted by Gasteiger charge is -2.14. The zero-order chi connectivity index (χ0) is 26.0. The number of imidazole rings is 1. The van der Waals surface area contributed by atoms with Gasteiger partial charge in [0.15, 0.2) is 11.2 Å². The summed E-state index contributed by atoms with van der Waals surface area (Å²) < 4.78 is 7.93. The molecule has 0 aliphatic rings. The van der Waals surface area contributed by atoms with Gasteiger partial charge in [0.05, 0.1) is 6.54 Å². The summed E-state index contributed by atoms with van der Waals surface area (Å²) in [5.74, 6) is -0.534. The van der Waals surface area contributed by atoms with E-state index in [0.717, 1.165) is 16.6 Å². The van der Waals surface area contributed by atoms with Crippen LogP contribution < -0.4 is 27.2 Å². The highest BCUT2D eigenvalue weighted by Crippen LogP contribution is 2.23. The number of fused-ring (bicyclic) bond motifs is 1. The van der Waals surface area contributed by atoms with Crippen molar-refractivity contribution in [2.45, 2.75) is 26.0 Å². The number of azo groups is 1. The van der Waals surface area contributed by atoms with Crippen LogP contribution in [0.5, 0.6) is 11.6 Å². The average molecular weight is 498 g/mol. The molecular weight excluding hydrogens is 476 g/mol. The van der Waals surface area contributed by atoms with Crippen LogP contribution in [0.25, 0.3) is 11.2 Å². The van der Waals surface area contributed by atoms with Gasteiger partial charge in [-0.25, -0.2) is 9.59 Å². The van der Waals surface area contributed by atoms with Crippen molar-refractivity contribution in [3.8, 4) is 11.6 Å². The summed E-state index contributed by atoms with van der Waals surface area (Å²) in [7, 11) is 1.37. The molecule has 1 aromatic carbocycles. The van der Waals surface area contributed by atoms with Gasteiger partial charge in [0.25, 0.3) is 17.1 Å². The Hall–Kier alpha value is -4.79. The molecule has 5 N–H and O–H groups in total. The summed E-state index contributed by atoms with van der Waals surface area (Å²) in [6, 6.07) is 7.36. The number of aliphatic hydroxyl groups excluding tert-OH is 1. The molecule has 3 aromatic heterocycles. The molecule has 0 bridgehead atoms. The molecule has 0 radical (unpaired) electrons. The normalized spacial score (nSPS) is 12.4. The van der Waals surface area contributed by atoms with Gasteiger partial charge in [-0.05, 0) is 24.1 Å². The van der Waals surface area contributed by atoms with E-state index in [4.69, 9.17) is 4.74 Å². The number of benzene rings is 1. The predicted octanol–water partition coefficient (Wildman–Crippen LogP) is -0.0768. The Labute approximate surface area is 200 Å². The molecule has 36 heavy (non-hydrogen) atoms. The van der Waals surface area contributed by atoms with Crippen LogP contribution in [0.15, 0.2) is 53.7 Å². The second-order valence-corrected chi connectivity index (χ2v) is 7.78.